The molecule has 1 saturated heterocycles. The fourth-order valence-electron chi connectivity index (χ4n) is 3.69. The van der Waals surface area contributed by atoms with Crippen molar-refractivity contribution in [3.05, 3.63) is 66.0 Å². The Labute approximate surface area is 171 Å². The van der Waals surface area contributed by atoms with E-state index in [1.165, 1.54) is 12.1 Å². The Morgan fingerprint density at radius 2 is 1.86 bits per heavy atom. The molecule has 0 saturated carbocycles. The number of nitrogens with one attached hydrogen (secondary N) is 2. The van der Waals surface area contributed by atoms with Crippen LogP contribution in [0.15, 0.2) is 54.6 Å². The van der Waals surface area contributed by atoms with Crippen molar-refractivity contribution in [3.63, 3.8) is 0 Å². The van der Waals surface area contributed by atoms with E-state index in [-0.39, 0.29) is 23.8 Å². The number of urea groups is 1. The minimum atomic E-state index is -0.333. The Bertz CT molecular complexity index is 811. The summed E-state index contributed by atoms with van der Waals surface area (Å²) in [7, 11) is 0. The maximum absolute atomic E-state index is 13.0. The lowest BCUT2D eigenvalue weighted by Gasteiger charge is -2.32. The molecular formula is C23H28FN3O2. The first kappa shape index (κ1) is 20.8. The average Bonchev–Trinajstić information content (AvgIpc) is 2.74. The van der Waals surface area contributed by atoms with Gasteiger partial charge in [0.05, 0.1) is 6.04 Å². The number of amides is 3. The molecule has 1 aliphatic rings. The second-order valence-corrected chi connectivity index (χ2v) is 7.63. The van der Waals surface area contributed by atoms with Gasteiger partial charge in [0.15, 0.2) is 0 Å². The minimum absolute atomic E-state index is 0.0203. The molecule has 0 spiro atoms. The molecule has 0 unspecified atom stereocenters. The van der Waals surface area contributed by atoms with E-state index in [0.717, 1.165) is 24.8 Å². The van der Waals surface area contributed by atoms with Gasteiger partial charge in [0.25, 0.3) is 0 Å². The van der Waals surface area contributed by atoms with Gasteiger partial charge in [-0.3, -0.25) is 4.79 Å². The van der Waals surface area contributed by atoms with E-state index in [9.17, 15) is 14.0 Å². The van der Waals surface area contributed by atoms with Gasteiger partial charge in [0.1, 0.15) is 5.82 Å². The van der Waals surface area contributed by atoms with Gasteiger partial charge in [-0.25, -0.2) is 9.18 Å². The van der Waals surface area contributed by atoms with Crippen molar-refractivity contribution in [3.8, 4) is 0 Å². The lowest BCUT2D eigenvalue weighted by atomic mass is 9.93. The molecule has 2 aromatic carbocycles. The monoisotopic (exact) mass is 397 g/mol. The number of hydrogen-bond donors (Lipinski definition) is 2. The van der Waals surface area contributed by atoms with E-state index >= 15 is 0 Å². The predicted molar refractivity (Wildman–Crippen MR) is 112 cm³/mol. The highest BCUT2D eigenvalue weighted by molar-refractivity contribution is 5.89. The number of piperidine rings is 1. The maximum Gasteiger partial charge on any atom is 0.321 e. The molecule has 6 heteroatoms. The number of rotatable bonds is 6. The third-order valence-electron chi connectivity index (χ3n) is 5.36. The fourth-order valence-corrected chi connectivity index (χ4v) is 3.69. The molecule has 29 heavy (non-hydrogen) atoms. The van der Waals surface area contributed by atoms with Gasteiger partial charge < -0.3 is 15.5 Å². The molecule has 0 aromatic heterocycles. The van der Waals surface area contributed by atoms with Crippen LogP contribution < -0.4 is 10.6 Å². The van der Waals surface area contributed by atoms with Crippen LogP contribution in [-0.4, -0.2) is 29.9 Å². The van der Waals surface area contributed by atoms with Crippen LogP contribution in [0.5, 0.6) is 0 Å². The number of likely N-dealkylation sites (tertiary alicyclic amines) is 1. The Hall–Kier alpha value is -2.89. The summed E-state index contributed by atoms with van der Waals surface area (Å²) in [5.74, 6) is 0.00985. The summed E-state index contributed by atoms with van der Waals surface area (Å²) >= 11 is 0. The zero-order valence-corrected chi connectivity index (χ0v) is 16.7. The quantitative estimate of drug-likeness (QED) is 0.740. The third-order valence-corrected chi connectivity index (χ3v) is 5.36. The van der Waals surface area contributed by atoms with Gasteiger partial charge in [-0.15, -0.1) is 0 Å². The first-order chi connectivity index (χ1) is 14.0. The lowest BCUT2D eigenvalue weighted by molar-refractivity contribution is -0.122. The molecule has 1 aliphatic heterocycles. The van der Waals surface area contributed by atoms with Crippen LogP contribution in [0, 0.1) is 11.7 Å². The molecule has 154 valence electrons. The molecule has 0 bridgehead atoms. The number of hydrogen-bond acceptors (Lipinski definition) is 2. The second kappa shape index (κ2) is 10.0. The van der Waals surface area contributed by atoms with Crippen molar-refractivity contribution in [2.24, 2.45) is 5.92 Å². The van der Waals surface area contributed by atoms with Crippen LogP contribution in [0.4, 0.5) is 14.9 Å². The predicted octanol–water partition coefficient (Wildman–Crippen LogP) is 4.73. The van der Waals surface area contributed by atoms with Crippen molar-refractivity contribution >= 4 is 17.6 Å². The smallest absolute Gasteiger partial charge is 0.321 e. The van der Waals surface area contributed by atoms with Crippen LogP contribution in [0.2, 0.25) is 0 Å². The van der Waals surface area contributed by atoms with Crippen LogP contribution in [-0.2, 0) is 4.79 Å². The first-order valence-corrected chi connectivity index (χ1v) is 10.2. The molecule has 2 aromatic rings. The normalized spacial score (nSPS) is 17.4. The van der Waals surface area contributed by atoms with Crippen LogP contribution >= 0.6 is 0 Å². The third kappa shape index (κ3) is 6.31. The number of halogens is 1. The Kier molecular flexibility index (Phi) is 7.22. The minimum Gasteiger partial charge on any atom is -0.350 e. The summed E-state index contributed by atoms with van der Waals surface area (Å²) < 4.78 is 13.0. The van der Waals surface area contributed by atoms with Gasteiger partial charge in [0, 0.05) is 25.2 Å². The summed E-state index contributed by atoms with van der Waals surface area (Å²) in [6.45, 7) is 3.31. The van der Waals surface area contributed by atoms with Crippen molar-refractivity contribution < 1.29 is 14.0 Å². The second-order valence-electron chi connectivity index (χ2n) is 7.63. The number of carbonyl (C=O) groups excluding carboxylic acids is 2. The van der Waals surface area contributed by atoms with E-state index in [2.05, 4.69) is 10.6 Å². The first-order valence-electron chi connectivity index (χ1n) is 10.2. The van der Waals surface area contributed by atoms with Crippen LogP contribution in [0.1, 0.15) is 44.2 Å². The molecule has 2 N–H and O–H groups in total. The number of anilines is 1. The average molecular weight is 397 g/mol. The Morgan fingerprint density at radius 1 is 1.14 bits per heavy atom. The molecule has 3 rings (SSSR count). The lowest BCUT2D eigenvalue weighted by Crippen LogP contribution is -2.42. The van der Waals surface area contributed by atoms with Crippen molar-refractivity contribution in [1.82, 2.24) is 10.2 Å². The summed E-state index contributed by atoms with van der Waals surface area (Å²) in [6, 6.07) is 15.4. The van der Waals surface area contributed by atoms with E-state index in [0.29, 0.717) is 31.1 Å². The van der Waals surface area contributed by atoms with Gasteiger partial charge in [-0.2, -0.15) is 0 Å². The van der Waals surface area contributed by atoms with Crippen molar-refractivity contribution in [2.75, 3.05) is 18.4 Å². The largest absolute Gasteiger partial charge is 0.350 e. The molecule has 3 amide bonds. The molecular weight excluding hydrogens is 369 g/mol. The van der Waals surface area contributed by atoms with Crippen LogP contribution in [0.25, 0.3) is 0 Å². The number of nitrogens with zero attached hydrogens (tertiary/aromatic N) is 1. The van der Waals surface area contributed by atoms with Gasteiger partial charge in [0.2, 0.25) is 5.91 Å². The molecule has 2 atom stereocenters. The van der Waals surface area contributed by atoms with Gasteiger partial charge in [-0.1, -0.05) is 30.3 Å². The number of benzene rings is 2. The molecule has 0 radical (unpaired) electrons. The summed E-state index contributed by atoms with van der Waals surface area (Å²) in [5, 5.41) is 5.85. The topological polar surface area (TPSA) is 61.4 Å². The Balaban J connectivity index is 1.43. The fraction of sp³-hybridized carbons (Fsp3) is 0.391. The summed E-state index contributed by atoms with van der Waals surface area (Å²) in [4.78, 5) is 26.6. The standard InChI is InChI=1S/C23H28FN3O2/c1-17(19-7-3-2-4-8-19)25-22(28)14-9-18-6-5-15-27(16-18)23(29)26-21-12-10-20(24)11-13-21/h2-4,7-8,10-13,17-18H,5-6,9,14-16H2,1H3,(H,25,28)(H,26,29)/t17-,18+/m0/s1. The van der Waals surface area contributed by atoms with Crippen molar-refractivity contribution in [1.29, 1.82) is 0 Å². The zero-order chi connectivity index (χ0) is 20.6. The summed E-state index contributed by atoms with van der Waals surface area (Å²) in [6.07, 6.45) is 3.15. The zero-order valence-electron chi connectivity index (χ0n) is 16.7. The highest BCUT2D eigenvalue weighted by atomic mass is 19.1. The summed E-state index contributed by atoms with van der Waals surface area (Å²) in [5.41, 5.74) is 1.66. The van der Waals surface area contributed by atoms with Crippen LogP contribution in [0.3, 0.4) is 0 Å². The highest BCUT2D eigenvalue weighted by Gasteiger charge is 2.24. The highest BCUT2D eigenvalue weighted by Crippen LogP contribution is 2.22. The van der Waals surface area contributed by atoms with E-state index in [4.69, 9.17) is 0 Å². The SMILES string of the molecule is C[C@H](NC(=O)CC[C@H]1CCCN(C(=O)Nc2ccc(F)cc2)C1)c1ccccc1. The van der Waals surface area contributed by atoms with Gasteiger partial charge in [-0.05, 0) is 61.9 Å². The van der Waals surface area contributed by atoms with Crippen molar-refractivity contribution in [2.45, 2.75) is 38.6 Å². The van der Waals surface area contributed by atoms with Gasteiger partial charge >= 0.3 is 6.03 Å². The van der Waals surface area contributed by atoms with E-state index < -0.39 is 0 Å². The number of carbonyl (C=O) groups is 2. The molecule has 5 nitrogen and oxygen atoms in total. The maximum atomic E-state index is 13.0. The van der Waals surface area contributed by atoms with E-state index in [1.807, 2.05) is 37.3 Å². The molecule has 1 fully saturated rings. The molecule has 0 aliphatic carbocycles. The van der Waals surface area contributed by atoms with E-state index in [1.54, 1.807) is 17.0 Å². The molecule has 1 heterocycles. The Morgan fingerprint density at radius 3 is 2.59 bits per heavy atom.